The second-order valence-corrected chi connectivity index (χ2v) is 2.44. The number of hydrogen-bond donors (Lipinski definition) is 1. The predicted molar refractivity (Wildman–Crippen MR) is 51.3 cm³/mol. The summed E-state index contributed by atoms with van der Waals surface area (Å²) in [6.07, 6.45) is 2.74. The fourth-order valence-corrected chi connectivity index (χ4v) is 0.991. The normalized spacial score (nSPS) is 10.4. The van der Waals surface area contributed by atoms with Crippen molar-refractivity contribution in [3.63, 3.8) is 0 Å². The summed E-state index contributed by atoms with van der Waals surface area (Å²) in [6.45, 7) is 2.41. The molecule has 5 nitrogen and oxygen atoms in total. The number of pyridine rings is 1. The Labute approximate surface area is 82.0 Å². The Morgan fingerprint density at radius 1 is 1.57 bits per heavy atom. The lowest BCUT2D eigenvalue weighted by Crippen LogP contribution is -1.98. The first-order chi connectivity index (χ1) is 6.81. The average Bonchev–Trinajstić information content (AvgIpc) is 2.19. The van der Waals surface area contributed by atoms with Gasteiger partial charge in [-0.25, -0.2) is 0 Å². The number of hydrogen-bond acceptors (Lipinski definition) is 5. The van der Waals surface area contributed by atoms with Gasteiger partial charge in [-0.15, -0.1) is 0 Å². The van der Waals surface area contributed by atoms with Gasteiger partial charge in [-0.1, -0.05) is 5.16 Å². The first-order valence-corrected chi connectivity index (χ1v) is 4.16. The lowest BCUT2D eigenvalue weighted by molar-refractivity contribution is 0.309. The highest BCUT2D eigenvalue weighted by Crippen LogP contribution is 2.25. The molecule has 1 rings (SSSR count). The van der Waals surface area contributed by atoms with Gasteiger partial charge in [-0.2, -0.15) is 0 Å². The molecule has 1 N–H and O–H groups in total. The molecular weight excluding hydrogens is 184 g/mol. The fourth-order valence-electron chi connectivity index (χ4n) is 0.991. The van der Waals surface area contributed by atoms with Crippen LogP contribution >= 0.6 is 0 Å². The zero-order valence-corrected chi connectivity index (χ0v) is 8.10. The molecule has 0 aliphatic heterocycles. The largest absolute Gasteiger partial charge is 0.491 e. The smallest absolute Gasteiger partial charge is 0.179 e. The van der Waals surface area contributed by atoms with Crippen molar-refractivity contribution in [2.24, 2.45) is 5.16 Å². The Morgan fingerprint density at radius 2 is 2.36 bits per heavy atom. The third-order valence-electron chi connectivity index (χ3n) is 1.56. The lowest BCUT2D eigenvalue weighted by Gasteiger charge is -2.08. The van der Waals surface area contributed by atoms with Crippen molar-refractivity contribution in [1.29, 1.82) is 0 Å². The summed E-state index contributed by atoms with van der Waals surface area (Å²) in [5.41, 5.74) is 0.511. The molecule has 0 spiro atoms. The van der Waals surface area contributed by atoms with Crippen LogP contribution in [0.15, 0.2) is 17.4 Å². The molecule has 0 bridgehead atoms. The van der Waals surface area contributed by atoms with E-state index in [1.54, 1.807) is 13.2 Å². The van der Waals surface area contributed by atoms with Crippen LogP contribution in [0, 0.1) is 0 Å². The van der Waals surface area contributed by atoms with Gasteiger partial charge >= 0.3 is 0 Å². The molecule has 0 fully saturated rings. The average molecular weight is 196 g/mol. The van der Waals surface area contributed by atoms with Crippen LogP contribution in [0.25, 0.3) is 0 Å². The molecule has 0 aliphatic carbocycles. The van der Waals surface area contributed by atoms with Gasteiger partial charge in [0.15, 0.2) is 11.5 Å². The summed E-state index contributed by atoms with van der Waals surface area (Å²) in [4.78, 5) is 3.97. The number of rotatable bonds is 4. The number of nitrogens with zero attached hydrogens (tertiary/aromatic N) is 2. The standard InChI is InChI=1S/C9H12N2O3/c1-3-14-8-4-7(5-11-12)10-6-9(8)13-2/h4-6,12H,3H2,1-2H3. The minimum absolute atomic E-state index is 0.511. The molecule has 76 valence electrons. The van der Waals surface area contributed by atoms with E-state index < -0.39 is 0 Å². The van der Waals surface area contributed by atoms with Gasteiger partial charge in [-0.3, -0.25) is 4.98 Å². The van der Waals surface area contributed by atoms with Gasteiger partial charge in [0.2, 0.25) is 0 Å². The zero-order valence-electron chi connectivity index (χ0n) is 8.10. The van der Waals surface area contributed by atoms with Crippen molar-refractivity contribution in [3.05, 3.63) is 18.0 Å². The van der Waals surface area contributed by atoms with Gasteiger partial charge < -0.3 is 14.7 Å². The van der Waals surface area contributed by atoms with Crippen molar-refractivity contribution in [3.8, 4) is 11.5 Å². The maximum atomic E-state index is 8.32. The second kappa shape index (κ2) is 5.06. The molecule has 0 saturated carbocycles. The second-order valence-electron chi connectivity index (χ2n) is 2.44. The van der Waals surface area contributed by atoms with E-state index in [0.29, 0.717) is 23.8 Å². The molecule has 1 aromatic heterocycles. The minimum Gasteiger partial charge on any atom is -0.491 e. The highest BCUT2D eigenvalue weighted by atomic mass is 16.5. The van der Waals surface area contributed by atoms with Gasteiger partial charge in [-0.05, 0) is 6.92 Å². The monoisotopic (exact) mass is 196 g/mol. The summed E-state index contributed by atoms with van der Waals surface area (Å²) >= 11 is 0. The molecule has 0 amide bonds. The van der Waals surface area contributed by atoms with Crippen LogP contribution in [0.5, 0.6) is 11.5 Å². The first-order valence-electron chi connectivity index (χ1n) is 4.16. The van der Waals surface area contributed by atoms with E-state index in [4.69, 9.17) is 14.7 Å². The van der Waals surface area contributed by atoms with E-state index >= 15 is 0 Å². The van der Waals surface area contributed by atoms with Gasteiger partial charge in [0.05, 0.1) is 31.8 Å². The molecule has 0 radical (unpaired) electrons. The summed E-state index contributed by atoms with van der Waals surface area (Å²) in [6, 6.07) is 1.64. The van der Waals surface area contributed by atoms with Crippen LogP contribution < -0.4 is 9.47 Å². The topological polar surface area (TPSA) is 63.9 Å². The van der Waals surface area contributed by atoms with Gasteiger partial charge in [0.25, 0.3) is 0 Å². The molecule has 14 heavy (non-hydrogen) atoms. The van der Waals surface area contributed by atoms with Gasteiger partial charge in [0.1, 0.15) is 0 Å². The third-order valence-corrected chi connectivity index (χ3v) is 1.56. The highest BCUT2D eigenvalue weighted by Gasteiger charge is 2.04. The van der Waals surface area contributed by atoms with Crippen molar-refractivity contribution < 1.29 is 14.7 Å². The number of aromatic nitrogens is 1. The summed E-state index contributed by atoms with van der Waals surface area (Å²) in [5.74, 6) is 1.14. The maximum Gasteiger partial charge on any atom is 0.179 e. The van der Waals surface area contributed by atoms with Crippen molar-refractivity contribution >= 4 is 6.21 Å². The van der Waals surface area contributed by atoms with E-state index in [2.05, 4.69) is 10.1 Å². The molecule has 0 aromatic carbocycles. The number of ether oxygens (including phenoxy) is 2. The molecule has 5 heteroatoms. The van der Waals surface area contributed by atoms with Crippen molar-refractivity contribution in [2.45, 2.75) is 6.92 Å². The molecule has 0 atom stereocenters. The number of oxime groups is 1. The Hall–Kier alpha value is -1.78. The number of methoxy groups -OCH3 is 1. The van der Waals surface area contributed by atoms with Crippen LogP contribution in [0.4, 0.5) is 0 Å². The van der Waals surface area contributed by atoms with Crippen LogP contribution in [-0.4, -0.2) is 30.1 Å². The minimum atomic E-state index is 0.511. The fraction of sp³-hybridized carbons (Fsp3) is 0.333. The molecule has 1 aromatic rings. The van der Waals surface area contributed by atoms with E-state index in [0.717, 1.165) is 0 Å². The molecule has 0 saturated heterocycles. The lowest BCUT2D eigenvalue weighted by atomic mass is 10.3. The molecule has 0 aliphatic rings. The molecule has 0 unspecified atom stereocenters. The Kier molecular flexibility index (Phi) is 3.72. The predicted octanol–water partition coefficient (Wildman–Crippen LogP) is 1.30. The summed E-state index contributed by atoms with van der Waals surface area (Å²) < 4.78 is 10.3. The Bertz CT molecular complexity index is 326. The van der Waals surface area contributed by atoms with E-state index in [1.165, 1.54) is 12.4 Å². The summed E-state index contributed by atoms with van der Waals surface area (Å²) in [5, 5.41) is 11.2. The quantitative estimate of drug-likeness (QED) is 0.448. The maximum absolute atomic E-state index is 8.32. The van der Waals surface area contributed by atoms with Gasteiger partial charge in [0, 0.05) is 6.07 Å². The summed E-state index contributed by atoms with van der Waals surface area (Å²) in [7, 11) is 1.54. The first kappa shape index (κ1) is 10.3. The van der Waals surface area contributed by atoms with E-state index in [9.17, 15) is 0 Å². The Balaban J connectivity index is 3.00. The highest BCUT2D eigenvalue weighted by molar-refractivity contribution is 5.77. The van der Waals surface area contributed by atoms with Crippen LogP contribution in [0.2, 0.25) is 0 Å². The SMILES string of the molecule is CCOc1cc(C=NO)ncc1OC. The van der Waals surface area contributed by atoms with Crippen LogP contribution in [0.1, 0.15) is 12.6 Å². The Morgan fingerprint density at radius 3 is 2.93 bits per heavy atom. The van der Waals surface area contributed by atoms with E-state index in [-0.39, 0.29) is 0 Å². The third kappa shape index (κ3) is 2.35. The van der Waals surface area contributed by atoms with Crippen LogP contribution in [-0.2, 0) is 0 Å². The van der Waals surface area contributed by atoms with Crippen molar-refractivity contribution in [2.75, 3.05) is 13.7 Å². The van der Waals surface area contributed by atoms with E-state index in [1.807, 2.05) is 6.92 Å². The van der Waals surface area contributed by atoms with Crippen molar-refractivity contribution in [1.82, 2.24) is 4.98 Å². The molecular formula is C9H12N2O3. The zero-order chi connectivity index (χ0) is 10.4. The molecule has 1 heterocycles. The van der Waals surface area contributed by atoms with Crippen LogP contribution in [0.3, 0.4) is 0 Å².